The Balaban J connectivity index is 1.83. The van der Waals surface area contributed by atoms with E-state index in [0.717, 1.165) is 28.2 Å². The molecule has 1 aliphatic carbocycles. The molecule has 1 atom stereocenters. The summed E-state index contributed by atoms with van der Waals surface area (Å²) in [5.74, 6) is 0.000142. The largest absolute Gasteiger partial charge is 0.345 e. The van der Waals surface area contributed by atoms with Crippen LogP contribution in [0.15, 0.2) is 6.07 Å². The Morgan fingerprint density at radius 3 is 2.43 bits per heavy atom. The molecule has 124 valence electrons. The maximum atomic E-state index is 12.7. The van der Waals surface area contributed by atoms with Crippen LogP contribution >= 0.6 is 0 Å². The third-order valence-corrected chi connectivity index (χ3v) is 4.99. The number of hydrogen-bond donors (Lipinski definition) is 1. The topological polar surface area (TPSA) is 51.9 Å². The molecule has 0 unspecified atom stereocenters. The van der Waals surface area contributed by atoms with Crippen molar-refractivity contribution in [3.63, 3.8) is 0 Å². The van der Waals surface area contributed by atoms with Crippen molar-refractivity contribution in [3.8, 4) is 0 Å². The number of hydrogen-bond acceptors (Lipinski definition) is 2. The van der Waals surface area contributed by atoms with E-state index in [1.165, 1.54) is 18.5 Å². The Labute approximate surface area is 137 Å². The van der Waals surface area contributed by atoms with Crippen LogP contribution in [0.3, 0.4) is 0 Å². The normalized spacial score (nSPS) is 15.7. The number of nitrogens with zero attached hydrogens (tertiary/aromatic N) is 3. The van der Waals surface area contributed by atoms with E-state index in [0.29, 0.717) is 6.04 Å². The van der Waals surface area contributed by atoms with Crippen molar-refractivity contribution < 1.29 is 4.79 Å². The van der Waals surface area contributed by atoms with Crippen molar-refractivity contribution in [2.75, 3.05) is 0 Å². The van der Waals surface area contributed by atoms with E-state index in [-0.39, 0.29) is 11.9 Å². The lowest BCUT2D eigenvalue weighted by molar-refractivity contribution is 0.0939. The first kappa shape index (κ1) is 15.8. The first-order valence-electron chi connectivity index (χ1n) is 8.30. The van der Waals surface area contributed by atoms with Gasteiger partial charge in [0.2, 0.25) is 0 Å². The molecule has 0 aliphatic heterocycles. The highest BCUT2D eigenvalue weighted by molar-refractivity contribution is 5.96. The molecular weight excluding hydrogens is 288 g/mol. The summed E-state index contributed by atoms with van der Waals surface area (Å²) in [4.78, 5) is 12.7. The van der Waals surface area contributed by atoms with Gasteiger partial charge in [-0.15, -0.1) is 0 Å². The lowest BCUT2D eigenvalue weighted by Gasteiger charge is -2.15. The van der Waals surface area contributed by atoms with Crippen LogP contribution in [0.5, 0.6) is 0 Å². The third kappa shape index (κ3) is 2.69. The van der Waals surface area contributed by atoms with Gasteiger partial charge in [-0.25, -0.2) is 0 Å². The summed E-state index contributed by atoms with van der Waals surface area (Å²) in [7, 11) is 1.93. The summed E-state index contributed by atoms with van der Waals surface area (Å²) in [6.45, 7) is 10.2. The van der Waals surface area contributed by atoms with Crippen LogP contribution in [0.2, 0.25) is 0 Å². The predicted octanol–water partition coefficient (Wildman–Crippen LogP) is 3.28. The van der Waals surface area contributed by atoms with Crippen molar-refractivity contribution >= 4 is 5.91 Å². The van der Waals surface area contributed by atoms with E-state index in [4.69, 9.17) is 0 Å². The molecular formula is C18H26N4O. The van der Waals surface area contributed by atoms with Crippen molar-refractivity contribution in [1.29, 1.82) is 0 Å². The number of rotatable bonds is 4. The van der Waals surface area contributed by atoms with Gasteiger partial charge in [0.1, 0.15) is 0 Å². The molecule has 1 N–H and O–H groups in total. The zero-order valence-electron chi connectivity index (χ0n) is 14.9. The Kier molecular flexibility index (Phi) is 3.82. The molecule has 1 saturated carbocycles. The summed E-state index contributed by atoms with van der Waals surface area (Å²) >= 11 is 0. The summed E-state index contributed by atoms with van der Waals surface area (Å²) in [5, 5.41) is 7.58. The second-order valence-electron chi connectivity index (χ2n) is 6.79. The lowest BCUT2D eigenvalue weighted by Crippen LogP contribution is -2.27. The molecule has 2 aromatic rings. The van der Waals surface area contributed by atoms with Crippen molar-refractivity contribution in [3.05, 3.63) is 40.0 Å². The molecule has 5 nitrogen and oxygen atoms in total. The molecule has 1 fully saturated rings. The van der Waals surface area contributed by atoms with Crippen LogP contribution in [0, 0.1) is 27.7 Å². The Morgan fingerprint density at radius 1 is 1.26 bits per heavy atom. The molecule has 2 heterocycles. The van der Waals surface area contributed by atoms with Gasteiger partial charge in [-0.2, -0.15) is 5.10 Å². The highest BCUT2D eigenvalue weighted by Crippen LogP contribution is 2.38. The molecule has 1 amide bonds. The van der Waals surface area contributed by atoms with Gasteiger partial charge >= 0.3 is 0 Å². The van der Waals surface area contributed by atoms with E-state index < -0.39 is 0 Å². The van der Waals surface area contributed by atoms with Gasteiger partial charge in [-0.1, -0.05) is 0 Å². The fourth-order valence-electron chi connectivity index (χ4n) is 3.66. The standard InChI is InChI=1S/C18H26N4O/c1-10-9-16(13(4)22(10)15-7-8-15)18(23)19-11(2)17-12(3)20-21(6)14(17)5/h9,11,15H,7-8H2,1-6H3,(H,19,23)/t11-/m0/s1. The summed E-state index contributed by atoms with van der Waals surface area (Å²) in [5.41, 5.74) is 6.23. The summed E-state index contributed by atoms with van der Waals surface area (Å²) in [6, 6.07) is 2.55. The minimum atomic E-state index is -0.0554. The minimum absolute atomic E-state index is 0.000142. The Bertz CT molecular complexity index is 765. The number of aromatic nitrogens is 3. The maximum absolute atomic E-state index is 12.7. The highest BCUT2D eigenvalue weighted by atomic mass is 16.1. The number of carbonyl (C=O) groups is 1. The number of nitrogens with one attached hydrogen (secondary N) is 1. The van der Waals surface area contributed by atoms with E-state index in [1.54, 1.807) is 0 Å². The van der Waals surface area contributed by atoms with Gasteiger partial charge in [0, 0.05) is 35.7 Å². The number of amides is 1. The number of aryl methyl sites for hydroxylation is 3. The van der Waals surface area contributed by atoms with E-state index in [1.807, 2.05) is 45.5 Å². The molecule has 23 heavy (non-hydrogen) atoms. The SMILES string of the molecule is Cc1nn(C)c(C)c1[C@H](C)NC(=O)c1cc(C)n(C2CC2)c1C. The lowest BCUT2D eigenvalue weighted by atomic mass is 10.1. The van der Waals surface area contributed by atoms with Crippen molar-refractivity contribution in [2.24, 2.45) is 7.05 Å². The molecule has 0 aromatic carbocycles. The van der Waals surface area contributed by atoms with E-state index in [2.05, 4.69) is 21.9 Å². The molecule has 2 aromatic heterocycles. The van der Waals surface area contributed by atoms with Crippen LogP contribution in [0.1, 0.15) is 70.5 Å². The number of carbonyl (C=O) groups excluding carboxylic acids is 1. The van der Waals surface area contributed by atoms with Gasteiger partial charge in [-0.3, -0.25) is 9.48 Å². The summed E-state index contributed by atoms with van der Waals surface area (Å²) < 4.78 is 4.17. The van der Waals surface area contributed by atoms with Crippen LogP contribution < -0.4 is 5.32 Å². The molecule has 1 aliphatic rings. The fourth-order valence-corrected chi connectivity index (χ4v) is 3.66. The van der Waals surface area contributed by atoms with Crippen LogP contribution in [-0.2, 0) is 7.05 Å². The first-order valence-corrected chi connectivity index (χ1v) is 8.30. The molecule has 5 heteroatoms. The predicted molar refractivity (Wildman–Crippen MR) is 90.7 cm³/mol. The quantitative estimate of drug-likeness (QED) is 0.941. The molecule has 0 radical (unpaired) electrons. The maximum Gasteiger partial charge on any atom is 0.253 e. The van der Waals surface area contributed by atoms with E-state index >= 15 is 0 Å². The monoisotopic (exact) mass is 314 g/mol. The Morgan fingerprint density at radius 2 is 1.91 bits per heavy atom. The molecule has 0 saturated heterocycles. The molecule has 0 spiro atoms. The Hall–Kier alpha value is -2.04. The van der Waals surface area contributed by atoms with Gasteiger partial charge in [0.05, 0.1) is 17.3 Å². The van der Waals surface area contributed by atoms with Gasteiger partial charge in [0.15, 0.2) is 0 Å². The van der Waals surface area contributed by atoms with E-state index in [9.17, 15) is 4.79 Å². The average Bonchev–Trinajstić information content (AvgIpc) is 3.19. The van der Waals surface area contributed by atoms with Crippen molar-refractivity contribution in [1.82, 2.24) is 19.7 Å². The second kappa shape index (κ2) is 5.55. The van der Waals surface area contributed by atoms with Crippen LogP contribution in [0.25, 0.3) is 0 Å². The van der Waals surface area contributed by atoms with Crippen LogP contribution in [-0.4, -0.2) is 20.3 Å². The minimum Gasteiger partial charge on any atom is -0.345 e. The summed E-state index contributed by atoms with van der Waals surface area (Å²) in [6.07, 6.45) is 2.45. The first-order chi connectivity index (χ1) is 10.8. The zero-order valence-corrected chi connectivity index (χ0v) is 14.9. The van der Waals surface area contributed by atoms with Crippen LogP contribution in [0.4, 0.5) is 0 Å². The van der Waals surface area contributed by atoms with Gasteiger partial charge in [-0.05, 0) is 53.5 Å². The molecule has 3 rings (SSSR count). The average molecular weight is 314 g/mol. The van der Waals surface area contributed by atoms with Crippen molar-refractivity contribution in [2.45, 2.75) is 59.5 Å². The highest BCUT2D eigenvalue weighted by Gasteiger charge is 2.29. The third-order valence-electron chi connectivity index (χ3n) is 4.99. The van der Waals surface area contributed by atoms with Gasteiger partial charge in [0.25, 0.3) is 5.91 Å². The second-order valence-corrected chi connectivity index (χ2v) is 6.79. The molecule has 0 bridgehead atoms. The fraction of sp³-hybridized carbons (Fsp3) is 0.556. The van der Waals surface area contributed by atoms with Gasteiger partial charge < -0.3 is 9.88 Å². The zero-order chi connectivity index (χ0) is 16.9. The smallest absolute Gasteiger partial charge is 0.253 e.